The number of nitrogens with one attached hydrogen (secondary N) is 5. The quantitative estimate of drug-likeness (QED) is 0.0436. The Morgan fingerprint density at radius 3 is 1.61 bits per heavy atom. The van der Waals surface area contributed by atoms with Gasteiger partial charge in [0.2, 0.25) is 11.8 Å². The van der Waals surface area contributed by atoms with Crippen LogP contribution in [0, 0.1) is 11.6 Å². The number of hydrogen-bond donors (Lipinski definition) is 6. The molecule has 89 heavy (non-hydrogen) atoms. The number of H-pyrrole nitrogens is 1. The average molecular weight is 1240 g/mol. The first-order valence-electron chi connectivity index (χ1n) is 28.2. The van der Waals surface area contributed by atoms with Gasteiger partial charge in [-0.1, -0.05) is 24.3 Å². The highest BCUT2D eigenvalue weighted by Crippen LogP contribution is 2.34. The molecule has 5 aromatic carbocycles. The van der Waals surface area contributed by atoms with Crippen LogP contribution in [-0.4, -0.2) is 84.3 Å². The number of pyridine rings is 2. The van der Waals surface area contributed by atoms with E-state index in [9.17, 15) is 18.4 Å². The topological polar surface area (TPSA) is 270 Å². The van der Waals surface area contributed by atoms with Gasteiger partial charge in [-0.25, -0.2) is 38.7 Å². The zero-order valence-corrected chi connectivity index (χ0v) is 49.1. The number of nitrogens with zero attached hydrogens (tertiary/aromatic N) is 9. The monoisotopic (exact) mass is 1240 g/mol. The van der Waals surface area contributed by atoms with Crippen molar-refractivity contribution in [3.63, 3.8) is 0 Å². The van der Waals surface area contributed by atoms with Gasteiger partial charge in [-0.3, -0.25) is 18.7 Å². The van der Waals surface area contributed by atoms with Crippen LogP contribution in [0.15, 0.2) is 171 Å². The van der Waals surface area contributed by atoms with Crippen molar-refractivity contribution in [3.8, 4) is 34.6 Å². The summed E-state index contributed by atoms with van der Waals surface area (Å²) in [5, 5.41) is 11.5. The molecule has 0 saturated carbocycles. The highest BCUT2D eigenvalue weighted by atomic mass is 32.1. The van der Waals surface area contributed by atoms with Crippen LogP contribution in [0.3, 0.4) is 0 Å². The van der Waals surface area contributed by atoms with E-state index in [2.05, 4.69) is 61.1 Å². The predicted octanol–water partition coefficient (Wildman–Crippen LogP) is 12.0. The van der Waals surface area contributed by atoms with Crippen LogP contribution in [0.5, 0.6) is 34.6 Å². The number of nitrogens with two attached hydrogens (primary N) is 1. The minimum Gasteiger partial charge on any atom is -0.455 e. The Morgan fingerprint density at radius 2 is 1.06 bits per heavy atom. The van der Waals surface area contributed by atoms with Gasteiger partial charge >= 0.3 is 0 Å². The molecule has 2 aliphatic rings. The van der Waals surface area contributed by atoms with E-state index < -0.39 is 0 Å². The lowest BCUT2D eigenvalue weighted by Crippen LogP contribution is -2.35. The van der Waals surface area contributed by atoms with Crippen molar-refractivity contribution in [1.82, 2.24) is 59.6 Å². The maximum absolute atomic E-state index is 13.0. The zero-order chi connectivity index (χ0) is 61.5. The number of nitrogen functional groups attached to an aromatic ring is 1. The second-order valence-corrected chi connectivity index (χ2v) is 21.0. The van der Waals surface area contributed by atoms with E-state index >= 15 is 0 Å². The van der Waals surface area contributed by atoms with Crippen molar-refractivity contribution in [2.45, 2.75) is 63.8 Å². The van der Waals surface area contributed by atoms with Crippen LogP contribution in [0.2, 0.25) is 0 Å². The van der Waals surface area contributed by atoms with Crippen molar-refractivity contribution < 1.29 is 42.1 Å². The number of imidazole rings is 3. The summed E-state index contributed by atoms with van der Waals surface area (Å²) in [6.45, 7) is 1.51. The maximum Gasteiger partial charge on any atom is 0.250 e. The van der Waals surface area contributed by atoms with Crippen molar-refractivity contribution in [1.29, 1.82) is 0 Å². The first-order chi connectivity index (χ1) is 43.4. The normalized spacial score (nSPS) is 14.5. The molecule has 452 valence electrons. The summed E-state index contributed by atoms with van der Waals surface area (Å²) < 4.78 is 59.3. The molecule has 0 bridgehead atoms. The molecular formula is C63H57F2N15O7S2. The summed E-state index contributed by atoms with van der Waals surface area (Å²) in [5.41, 5.74) is 13.2. The number of aromatic nitrogens is 10. The molecule has 8 heterocycles. The Labute approximate surface area is 518 Å². The Kier molecular flexibility index (Phi) is 19.5. The second kappa shape index (κ2) is 28.9. The van der Waals surface area contributed by atoms with Crippen molar-refractivity contribution in [2.24, 2.45) is 0 Å². The first-order valence-corrected chi connectivity index (χ1v) is 29.0. The van der Waals surface area contributed by atoms with E-state index in [1.807, 2.05) is 9.13 Å². The van der Waals surface area contributed by atoms with Gasteiger partial charge < -0.3 is 55.7 Å². The van der Waals surface area contributed by atoms with Gasteiger partial charge in [0.15, 0.2) is 49.7 Å². The van der Waals surface area contributed by atoms with Crippen molar-refractivity contribution >= 4 is 97.0 Å². The minimum atomic E-state index is -0.346. The average Bonchev–Trinajstić information content (AvgIpc) is 2.14. The molecule has 7 N–H and O–H groups in total. The van der Waals surface area contributed by atoms with Crippen LogP contribution in [-0.2, 0) is 31.9 Å². The number of rotatable bonds is 14. The largest absolute Gasteiger partial charge is 0.455 e. The molecule has 11 aromatic rings. The maximum atomic E-state index is 13.0. The van der Waals surface area contributed by atoms with Gasteiger partial charge in [0.25, 0.3) is 5.88 Å². The highest BCUT2D eigenvalue weighted by Gasteiger charge is 2.23. The number of fused-ring (bicyclic) bond motifs is 3. The molecule has 0 aliphatic carbocycles. The molecule has 0 radical (unpaired) electrons. The Morgan fingerprint density at radius 1 is 0.562 bits per heavy atom. The molecule has 26 heteroatoms. The lowest BCUT2D eigenvalue weighted by Gasteiger charge is -2.23. The fourth-order valence-electron chi connectivity index (χ4n) is 9.47. The van der Waals surface area contributed by atoms with E-state index in [-0.39, 0.29) is 59.0 Å². The van der Waals surface area contributed by atoms with Gasteiger partial charge in [0.1, 0.15) is 53.2 Å². The number of hydrogen-bond acceptors (Lipinski definition) is 17. The van der Waals surface area contributed by atoms with E-state index in [0.717, 1.165) is 63.0 Å². The van der Waals surface area contributed by atoms with Gasteiger partial charge in [0.05, 0.1) is 31.8 Å². The molecule has 2 fully saturated rings. The number of halogens is 2. The summed E-state index contributed by atoms with van der Waals surface area (Å²) in [4.78, 5) is 57.5. The zero-order valence-electron chi connectivity index (χ0n) is 47.4. The lowest BCUT2D eigenvalue weighted by atomic mass is 10.1. The van der Waals surface area contributed by atoms with Crippen LogP contribution in [0.4, 0.5) is 25.8 Å². The molecule has 2 atom stereocenters. The van der Waals surface area contributed by atoms with E-state index in [1.54, 1.807) is 141 Å². The molecule has 2 aliphatic heterocycles. The van der Waals surface area contributed by atoms with Gasteiger partial charge in [-0.2, -0.15) is 4.98 Å². The van der Waals surface area contributed by atoms with Gasteiger partial charge in [0, 0.05) is 54.8 Å². The summed E-state index contributed by atoms with van der Waals surface area (Å²) in [7, 11) is 0. The fraction of sp³-hybridized carbons (Fsp3) is 0.190. The Hall–Kier alpha value is -10.4. The second-order valence-electron chi connectivity index (χ2n) is 20.2. The number of carbonyl (C=O) groups excluding carboxylic acids is 2. The highest BCUT2D eigenvalue weighted by molar-refractivity contribution is 7.80. The SMILES string of the molecule is Nc1ccc(Oc2ncnc3c2ncn3C2CCCCO2)cc1.O=C(Cc1ccc(F)cc1)NC(=S)Nc1ccc(Oc2ccnc3c2ncn3C2CCCCO2)cc1.O=C(Cc1ccc(F)cc1)NC(=S)Nc1ccc(Oc2ccnc3nc[nH]c23)cc1. The van der Waals surface area contributed by atoms with E-state index in [4.69, 9.17) is 53.9 Å². The summed E-state index contributed by atoms with van der Waals surface area (Å²) in [5.74, 6) is 2.25. The number of carbonyl (C=O) groups is 2. The number of ether oxygens (including phenoxy) is 5. The molecule has 2 saturated heterocycles. The van der Waals surface area contributed by atoms with Crippen LogP contribution >= 0.6 is 24.4 Å². The third-order valence-corrected chi connectivity index (χ3v) is 14.2. The smallest absolute Gasteiger partial charge is 0.250 e. The third kappa shape index (κ3) is 16.2. The molecule has 2 amide bonds. The summed E-state index contributed by atoms with van der Waals surface area (Å²) in [6.07, 6.45) is 16.3. The number of amides is 2. The fourth-order valence-corrected chi connectivity index (χ4v) is 9.94. The molecule has 6 aromatic heterocycles. The van der Waals surface area contributed by atoms with Crippen molar-refractivity contribution in [2.75, 3.05) is 29.6 Å². The minimum absolute atomic E-state index is 0.0203. The van der Waals surface area contributed by atoms with Gasteiger partial charge in [-0.15, -0.1) is 0 Å². The number of thiocarbonyl (C=S) groups is 2. The number of aromatic amines is 1. The first kappa shape index (κ1) is 60.3. The molecule has 22 nitrogen and oxygen atoms in total. The Balaban J connectivity index is 0.000000141. The summed E-state index contributed by atoms with van der Waals surface area (Å²) >= 11 is 10.4. The van der Waals surface area contributed by atoms with Crippen LogP contribution < -0.4 is 41.2 Å². The van der Waals surface area contributed by atoms with Crippen LogP contribution in [0.1, 0.15) is 62.1 Å². The predicted molar refractivity (Wildman–Crippen MR) is 337 cm³/mol. The third-order valence-electron chi connectivity index (χ3n) is 13.8. The lowest BCUT2D eigenvalue weighted by molar-refractivity contribution is -0.119. The molecule has 13 rings (SSSR count). The molecule has 0 spiro atoms. The van der Waals surface area contributed by atoms with E-state index in [0.29, 0.717) is 85.0 Å². The van der Waals surface area contributed by atoms with Gasteiger partial charge in [-0.05, 0) is 171 Å². The Bertz CT molecular complexity index is 4220. The molecular weight excluding hydrogens is 1180 g/mol. The summed E-state index contributed by atoms with van der Waals surface area (Å²) in [6, 6.07) is 36.4. The number of anilines is 3. The standard InChI is InChI=1S/C26H24FN5O3S.C21H16FN5O2S.C16H17N5O2/c27-18-6-4-17(5-7-18)15-22(33)31-26(36)30-19-8-10-20(11-9-19)35-21-12-13-28-25-24(21)29-16-32(25)23-3-1-2-14-34-23;22-14-3-1-13(2-4-14)11-18(28)27-21(30)26-15-5-7-16(8-6-15)29-17-9-10-23-20-19(17)24-12-25-20;17-11-4-6-12(7-5-11)23-16-14-15(18-9-19-16)21(10-20-14)13-3-1-2-8-22-13/h4-13,16,23H,1-3,14-15H2,(H2,30,31,33,36);1-10,12H,11H2,(H,23,24,25)(H2,26,27,28,30);4-7,9-10,13H,1-3,8,17H2. The van der Waals surface area contributed by atoms with Crippen molar-refractivity contribution in [3.05, 3.63) is 194 Å². The van der Waals surface area contributed by atoms with E-state index in [1.165, 1.54) is 30.6 Å². The number of benzene rings is 5. The molecule has 2 unspecified atom stereocenters. The van der Waals surface area contributed by atoms with Crippen LogP contribution in [0.25, 0.3) is 33.5 Å².